The molecule has 0 radical (unpaired) electrons. The van der Waals surface area contributed by atoms with Gasteiger partial charge in [0.25, 0.3) is 0 Å². The molecule has 18 heavy (non-hydrogen) atoms. The van der Waals surface area contributed by atoms with Gasteiger partial charge in [0, 0.05) is 12.1 Å². The molecule has 2 unspecified atom stereocenters. The summed E-state index contributed by atoms with van der Waals surface area (Å²) in [6.07, 6.45) is 6.33. The molecule has 1 rings (SSSR count). The van der Waals surface area contributed by atoms with E-state index < -0.39 is 0 Å². The predicted molar refractivity (Wildman–Crippen MR) is 80.7 cm³/mol. The van der Waals surface area contributed by atoms with Gasteiger partial charge in [-0.2, -0.15) is 0 Å². The Hall–Kier alpha value is -0.0800. The van der Waals surface area contributed by atoms with Crippen LogP contribution in [0.5, 0.6) is 0 Å². The Kier molecular flexibility index (Phi) is 5.67. The molecule has 0 aromatic rings. The summed E-state index contributed by atoms with van der Waals surface area (Å²) in [6, 6.07) is 0. The minimum atomic E-state index is 0.184. The molecule has 0 aromatic heterocycles. The minimum Gasteiger partial charge on any atom is -0.329 e. The Morgan fingerprint density at radius 1 is 1.22 bits per heavy atom. The topological polar surface area (TPSA) is 38.0 Å². The van der Waals surface area contributed by atoms with Crippen LogP contribution < -0.4 is 11.1 Å². The average Bonchev–Trinajstić information content (AvgIpc) is 2.27. The van der Waals surface area contributed by atoms with E-state index in [4.69, 9.17) is 5.73 Å². The van der Waals surface area contributed by atoms with Gasteiger partial charge in [-0.3, -0.25) is 0 Å². The highest BCUT2D eigenvalue weighted by atomic mass is 15.0. The monoisotopic (exact) mass is 254 g/mol. The second kappa shape index (κ2) is 6.38. The van der Waals surface area contributed by atoms with Gasteiger partial charge in [-0.25, -0.2) is 0 Å². The molecule has 2 heteroatoms. The maximum Gasteiger partial charge on any atom is 0.0311 e. The summed E-state index contributed by atoms with van der Waals surface area (Å²) in [6.45, 7) is 13.7. The van der Waals surface area contributed by atoms with Crippen LogP contribution in [0.25, 0.3) is 0 Å². The second-order valence-electron chi connectivity index (χ2n) is 7.40. The zero-order valence-electron chi connectivity index (χ0n) is 13.2. The maximum absolute atomic E-state index is 6.13. The number of rotatable bonds is 6. The van der Waals surface area contributed by atoms with Crippen LogP contribution >= 0.6 is 0 Å². The Labute approximate surface area is 114 Å². The van der Waals surface area contributed by atoms with Gasteiger partial charge in [-0.15, -0.1) is 0 Å². The van der Waals surface area contributed by atoms with Gasteiger partial charge in [-0.05, 0) is 43.1 Å². The largest absolute Gasteiger partial charge is 0.329 e. The van der Waals surface area contributed by atoms with E-state index in [1.54, 1.807) is 0 Å². The molecule has 0 amide bonds. The van der Waals surface area contributed by atoms with Crippen molar-refractivity contribution in [1.82, 2.24) is 5.32 Å². The fourth-order valence-corrected chi connectivity index (χ4v) is 4.04. The molecule has 0 heterocycles. The standard InChI is InChI=1S/C16H34N2/c1-6-14(7-2)10-18-16(12-17)9-13(3)8-15(4,5)11-16/h13-14,18H,6-12,17H2,1-5H3. The van der Waals surface area contributed by atoms with Gasteiger partial charge in [0.05, 0.1) is 0 Å². The SMILES string of the molecule is CCC(CC)CNC1(CN)CC(C)CC(C)(C)C1. The molecule has 108 valence electrons. The highest BCUT2D eigenvalue weighted by molar-refractivity contribution is 4.99. The van der Waals surface area contributed by atoms with Crippen molar-refractivity contribution in [2.45, 2.75) is 72.3 Å². The normalized spacial score (nSPS) is 31.8. The Morgan fingerprint density at radius 2 is 1.83 bits per heavy atom. The first kappa shape index (κ1) is 16.0. The van der Waals surface area contributed by atoms with Crippen molar-refractivity contribution < 1.29 is 0 Å². The Bertz CT molecular complexity index is 245. The molecule has 2 nitrogen and oxygen atoms in total. The van der Waals surface area contributed by atoms with E-state index in [2.05, 4.69) is 39.9 Å². The number of nitrogens with one attached hydrogen (secondary N) is 1. The van der Waals surface area contributed by atoms with Crippen molar-refractivity contribution in [3.8, 4) is 0 Å². The van der Waals surface area contributed by atoms with Crippen molar-refractivity contribution in [2.24, 2.45) is 23.0 Å². The van der Waals surface area contributed by atoms with Crippen LogP contribution in [0.4, 0.5) is 0 Å². The first-order valence-corrected chi connectivity index (χ1v) is 7.81. The maximum atomic E-state index is 6.13. The number of nitrogens with two attached hydrogens (primary N) is 1. The highest BCUT2D eigenvalue weighted by Crippen LogP contribution is 2.43. The van der Waals surface area contributed by atoms with E-state index in [0.717, 1.165) is 24.9 Å². The fourth-order valence-electron chi connectivity index (χ4n) is 4.04. The summed E-state index contributed by atoms with van der Waals surface area (Å²) in [5.74, 6) is 1.58. The predicted octanol–water partition coefficient (Wildman–Crippen LogP) is 3.56. The molecule has 3 N–H and O–H groups in total. The highest BCUT2D eigenvalue weighted by Gasteiger charge is 2.41. The summed E-state index contributed by atoms with van der Waals surface area (Å²) >= 11 is 0. The van der Waals surface area contributed by atoms with Gasteiger partial charge in [0.15, 0.2) is 0 Å². The molecule has 0 saturated heterocycles. The van der Waals surface area contributed by atoms with Gasteiger partial charge in [0.2, 0.25) is 0 Å². The van der Waals surface area contributed by atoms with Crippen LogP contribution in [0.1, 0.15) is 66.7 Å². The summed E-state index contributed by atoms with van der Waals surface area (Å²) in [7, 11) is 0. The average molecular weight is 254 g/mol. The van der Waals surface area contributed by atoms with E-state index in [0.29, 0.717) is 5.41 Å². The summed E-state index contributed by atoms with van der Waals surface area (Å²) in [5, 5.41) is 3.85. The lowest BCUT2D eigenvalue weighted by Gasteiger charge is -2.48. The smallest absolute Gasteiger partial charge is 0.0311 e. The van der Waals surface area contributed by atoms with Crippen molar-refractivity contribution in [1.29, 1.82) is 0 Å². The lowest BCUT2D eigenvalue weighted by molar-refractivity contribution is 0.0826. The summed E-state index contributed by atoms with van der Waals surface area (Å²) in [5.41, 5.74) is 6.74. The van der Waals surface area contributed by atoms with E-state index in [-0.39, 0.29) is 5.54 Å². The Morgan fingerprint density at radius 3 is 2.28 bits per heavy atom. The lowest BCUT2D eigenvalue weighted by Crippen LogP contribution is -2.58. The third-order valence-electron chi connectivity index (χ3n) is 4.77. The van der Waals surface area contributed by atoms with Crippen LogP contribution in [0.2, 0.25) is 0 Å². The van der Waals surface area contributed by atoms with Crippen LogP contribution in [0.15, 0.2) is 0 Å². The van der Waals surface area contributed by atoms with E-state index in [9.17, 15) is 0 Å². The van der Waals surface area contributed by atoms with E-state index >= 15 is 0 Å². The van der Waals surface area contributed by atoms with Crippen molar-refractivity contribution in [3.63, 3.8) is 0 Å². The quantitative estimate of drug-likeness (QED) is 0.760. The summed E-state index contributed by atoms with van der Waals surface area (Å²) in [4.78, 5) is 0. The minimum absolute atomic E-state index is 0.184. The zero-order valence-corrected chi connectivity index (χ0v) is 13.2. The van der Waals surface area contributed by atoms with Crippen molar-refractivity contribution >= 4 is 0 Å². The number of hydrogen-bond donors (Lipinski definition) is 2. The van der Waals surface area contributed by atoms with Crippen LogP contribution in [-0.2, 0) is 0 Å². The van der Waals surface area contributed by atoms with Gasteiger partial charge in [-0.1, -0.05) is 47.5 Å². The van der Waals surface area contributed by atoms with E-state index in [1.165, 1.54) is 32.1 Å². The third-order valence-corrected chi connectivity index (χ3v) is 4.77. The molecule has 0 aliphatic heterocycles. The Balaban J connectivity index is 2.66. The molecule has 0 spiro atoms. The third kappa shape index (κ3) is 4.24. The summed E-state index contributed by atoms with van der Waals surface area (Å²) < 4.78 is 0. The van der Waals surface area contributed by atoms with Crippen molar-refractivity contribution in [2.75, 3.05) is 13.1 Å². The molecular weight excluding hydrogens is 220 g/mol. The van der Waals surface area contributed by atoms with Gasteiger partial charge >= 0.3 is 0 Å². The van der Waals surface area contributed by atoms with Crippen LogP contribution in [0, 0.1) is 17.3 Å². The second-order valence-corrected chi connectivity index (χ2v) is 7.40. The van der Waals surface area contributed by atoms with Gasteiger partial charge < -0.3 is 11.1 Å². The first-order valence-electron chi connectivity index (χ1n) is 7.81. The molecule has 1 fully saturated rings. The zero-order chi connectivity index (χ0) is 13.8. The molecule has 2 atom stereocenters. The fraction of sp³-hybridized carbons (Fsp3) is 1.00. The molecule has 1 saturated carbocycles. The van der Waals surface area contributed by atoms with E-state index in [1.807, 2.05) is 0 Å². The molecule has 1 aliphatic rings. The number of hydrogen-bond acceptors (Lipinski definition) is 2. The first-order chi connectivity index (χ1) is 8.36. The lowest BCUT2D eigenvalue weighted by atomic mass is 9.64. The van der Waals surface area contributed by atoms with Crippen LogP contribution in [-0.4, -0.2) is 18.6 Å². The molecule has 0 bridgehead atoms. The molecular formula is C16H34N2. The van der Waals surface area contributed by atoms with Gasteiger partial charge in [0.1, 0.15) is 0 Å². The molecule has 1 aliphatic carbocycles. The van der Waals surface area contributed by atoms with Crippen LogP contribution in [0.3, 0.4) is 0 Å². The van der Waals surface area contributed by atoms with Crippen molar-refractivity contribution in [3.05, 3.63) is 0 Å². The molecule has 0 aromatic carbocycles.